The molecule has 1 heterocycles. The highest BCUT2D eigenvalue weighted by atomic mass is 79.9. The number of hydrogen-bond donors (Lipinski definition) is 0. The molecular formula is C13H11BrClN3. The quantitative estimate of drug-likeness (QED) is 0.827. The Labute approximate surface area is 119 Å². The molecule has 3 nitrogen and oxygen atoms in total. The second kappa shape index (κ2) is 5.13. The molecule has 0 spiro atoms. The molecule has 0 unspecified atom stereocenters. The van der Waals surface area contributed by atoms with Gasteiger partial charge in [0.1, 0.15) is 11.6 Å². The first-order chi connectivity index (χ1) is 8.54. The summed E-state index contributed by atoms with van der Waals surface area (Å²) in [7, 11) is 0. The third kappa shape index (κ3) is 2.29. The Kier molecular flexibility index (Phi) is 3.74. The topological polar surface area (TPSA) is 41.6 Å². The maximum absolute atomic E-state index is 9.17. The monoisotopic (exact) mass is 323 g/mol. The summed E-state index contributed by atoms with van der Waals surface area (Å²) < 4.78 is 2.54. The SMILES string of the molecule is CC(C)c1nn(-c2cccc(Br)c2)c(Cl)c1C#N. The molecule has 0 saturated carbocycles. The predicted molar refractivity (Wildman–Crippen MR) is 75.1 cm³/mol. The molecule has 0 bridgehead atoms. The van der Waals surface area contributed by atoms with Crippen molar-refractivity contribution >= 4 is 27.5 Å². The molecule has 0 radical (unpaired) electrons. The molecule has 1 aromatic heterocycles. The lowest BCUT2D eigenvalue weighted by molar-refractivity contribution is 0.767. The number of nitriles is 1. The van der Waals surface area contributed by atoms with E-state index in [-0.39, 0.29) is 5.92 Å². The molecule has 0 aliphatic heterocycles. The zero-order valence-corrected chi connectivity index (χ0v) is 12.3. The second-order valence-corrected chi connectivity index (χ2v) is 5.48. The van der Waals surface area contributed by atoms with Crippen LogP contribution in [0.5, 0.6) is 0 Å². The molecule has 2 rings (SSSR count). The molecule has 0 N–H and O–H groups in total. The van der Waals surface area contributed by atoms with E-state index in [4.69, 9.17) is 16.9 Å². The van der Waals surface area contributed by atoms with Gasteiger partial charge in [0.2, 0.25) is 0 Å². The van der Waals surface area contributed by atoms with E-state index >= 15 is 0 Å². The molecule has 0 aliphatic rings. The van der Waals surface area contributed by atoms with Gasteiger partial charge in [-0.15, -0.1) is 0 Å². The van der Waals surface area contributed by atoms with Gasteiger partial charge < -0.3 is 0 Å². The van der Waals surface area contributed by atoms with Gasteiger partial charge in [-0.05, 0) is 24.1 Å². The fourth-order valence-electron chi connectivity index (χ4n) is 1.70. The second-order valence-electron chi connectivity index (χ2n) is 4.21. The summed E-state index contributed by atoms with van der Waals surface area (Å²) >= 11 is 9.63. The smallest absolute Gasteiger partial charge is 0.150 e. The predicted octanol–water partition coefficient (Wildman–Crippen LogP) is 4.28. The van der Waals surface area contributed by atoms with E-state index in [1.807, 2.05) is 38.1 Å². The minimum absolute atomic E-state index is 0.158. The summed E-state index contributed by atoms with van der Waals surface area (Å²) in [6, 6.07) is 9.75. The van der Waals surface area contributed by atoms with E-state index in [1.165, 1.54) is 0 Å². The number of rotatable bonds is 2. The van der Waals surface area contributed by atoms with Crippen LogP contribution in [0, 0.1) is 11.3 Å². The maximum atomic E-state index is 9.17. The van der Waals surface area contributed by atoms with E-state index in [1.54, 1.807) is 4.68 Å². The summed E-state index contributed by atoms with van der Waals surface area (Å²) in [6.45, 7) is 3.98. The molecule has 2 aromatic rings. The van der Waals surface area contributed by atoms with Gasteiger partial charge >= 0.3 is 0 Å². The normalized spacial score (nSPS) is 10.7. The van der Waals surface area contributed by atoms with E-state index < -0.39 is 0 Å². The van der Waals surface area contributed by atoms with Crippen LogP contribution < -0.4 is 0 Å². The molecule has 0 aliphatic carbocycles. The van der Waals surface area contributed by atoms with Crippen LogP contribution in [0.4, 0.5) is 0 Å². The van der Waals surface area contributed by atoms with Gasteiger partial charge in [-0.2, -0.15) is 10.4 Å². The first-order valence-electron chi connectivity index (χ1n) is 5.49. The standard InChI is InChI=1S/C13H11BrClN3/c1-8(2)12-11(7-16)13(15)18(17-12)10-5-3-4-9(14)6-10/h3-6,8H,1-2H3. The van der Waals surface area contributed by atoms with Gasteiger partial charge in [-0.3, -0.25) is 0 Å². The third-order valence-corrected chi connectivity index (χ3v) is 3.41. The summed E-state index contributed by atoms with van der Waals surface area (Å²) in [5.41, 5.74) is 2.01. The van der Waals surface area contributed by atoms with Crippen molar-refractivity contribution in [2.75, 3.05) is 0 Å². The van der Waals surface area contributed by atoms with Crippen molar-refractivity contribution in [2.24, 2.45) is 0 Å². The third-order valence-electron chi connectivity index (χ3n) is 2.57. The fraction of sp³-hybridized carbons (Fsp3) is 0.231. The Morgan fingerprint density at radius 2 is 2.17 bits per heavy atom. The summed E-state index contributed by atoms with van der Waals surface area (Å²) in [5, 5.41) is 14.0. The van der Waals surface area contributed by atoms with Gasteiger partial charge in [0, 0.05) is 4.47 Å². The largest absolute Gasteiger partial charge is 0.220 e. The van der Waals surface area contributed by atoms with Crippen molar-refractivity contribution in [3.63, 3.8) is 0 Å². The fourth-order valence-corrected chi connectivity index (χ4v) is 2.36. The summed E-state index contributed by atoms with van der Waals surface area (Å²) in [6.07, 6.45) is 0. The zero-order chi connectivity index (χ0) is 13.3. The minimum atomic E-state index is 0.158. The number of aromatic nitrogens is 2. The average molecular weight is 325 g/mol. The van der Waals surface area contributed by atoms with Crippen LogP contribution in [0.25, 0.3) is 5.69 Å². The lowest BCUT2D eigenvalue weighted by Gasteiger charge is -2.03. The highest BCUT2D eigenvalue weighted by Crippen LogP contribution is 2.28. The Morgan fingerprint density at radius 3 is 2.67 bits per heavy atom. The Hall–Kier alpha value is -1.31. The zero-order valence-electron chi connectivity index (χ0n) is 9.98. The number of benzene rings is 1. The molecule has 92 valence electrons. The van der Waals surface area contributed by atoms with Crippen molar-refractivity contribution in [3.8, 4) is 11.8 Å². The highest BCUT2D eigenvalue weighted by Gasteiger charge is 2.19. The van der Waals surface area contributed by atoms with Gasteiger partial charge in [0.05, 0.1) is 11.4 Å². The number of nitrogens with zero attached hydrogens (tertiary/aromatic N) is 3. The molecule has 0 saturated heterocycles. The van der Waals surface area contributed by atoms with E-state index in [0.717, 1.165) is 15.9 Å². The van der Waals surface area contributed by atoms with Crippen LogP contribution in [-0.2, 0) is 0 Å². The van der Waals surface area contributed by atoms with E-state index in [2.05, 4.69) is 27.1 Å². The lowest BCUT2D eigenvalue weighted by Crippen LogP contribution is -1.98. The molecule has 5 heteroatoms. The van der Waals surface area contributed by atoms with Crippen molar-refractivity contribution in [2.45, 2.75) is 19.8 Å². The number of halogens is 2. The number of hydrogen-bond acceptors (Lipinski definition) is 2. The van der Waals surface area contributed by atoms with Crippen molar-refractivity contribution in [1.82, 2.24) is 9.78 Å². The van der Waals surface area contributed by atoms with Gasteiger partial charge in [-0.25, -0.2) is 4.68 Å². The van der Waals surface area contributed by atoms with Crippen molar-refractivity contribution < 1.29 is 0 Å². The van der Waals surface area contributed by atoms with Gasteiger partial charge in [0.25, 0.3) is 0 Å². The van der Waals surface area contributed by atoms with Crippen LogP contribution in [0.2, 0.25) is 5.15 Å². The van der Waals surface area contributed by atoms with Crippen LogP contribution in [0.15, 0.2) is 28.7 Å². The lowest BCUT2D eigenvalue weighted by atomic mass is 10.1. The van der Waals surface area contributed by atoms with Gasteiger partial charge in [-0.1, -0.05) is 47.4 Å². The molecule has 1 aromatic carbocycles. The molecule has 0 atom stereocenters. The molecular weight excluding hydrogens is 314 g/mol. The Balaban J connectivity index is 2.63. The first kappa shape index (κ1) is 13.1. The van der Waals surface area contributed by atoms with Crippen LogP contribution in [0.1, 0.15) is 31.0 Å². The minimum Gasteiger partial charge on any atom is -0.220 e. The summed E-state index contributed by atoms with van der Waals surface area (Å²) in [4.78, 5) is 0. The first-order valence-corrected chi connectivity index (χ1v) is 6.66. The molecule has 18 heavy (non-hydrogen) atoms. The van der Waals surface area contributed by atoms with E-state index in [0.29, 0.717) is 10.7 Å². The maximum Gasteiger partial charge on any atom is 0.150 e. The Morgan fingerprint density at radius 1 is 1.44 bits per heavy atom. The average Bonchev–Trinajstić information content (AvgIpc) is 2.66. The Bertz CT molecular complexity index is 626. The van der Waals surface area contributed by atoms with E-state index in [9.17, 15) is 0 Å². The highest BCUT2D eigenvalue weighted by molar-refractivity contribution is 9.10. The molecule has 0 fully saturated rings. The van der Waals surface area contributed by atoms with Gasteiger partial charge in [0.15, 0.2) is 5.15 Å². The van der Waals surface area contributed by atoms with Crippen molar-refractivity contribution in [1.29, 1.82) is 5.26 Å². The molecule has 0 amide bonds. The van der Waals surface area contributed by atoms with Crippen LogP contribution in [0.3, 0.4) is 0 Å². The summed E-state index contributed by atoms with van der Waals surface area (Å²) in [5.74, 6) is 0.158. The van der Waals surface area contributed by atoms with Crippen LogP contribution >= 0.6 is 27.5 Å². The van der Waals surface area contributed by atoms with Crippen LogP contribution in [-0.4, -0.2) is 9.78 Å². The van der Waals surface area contributed by atoms with Crippen molar-refractivity contribution in [3.05, 3.63) is 45.1 Å².